The number of hydrogen-bond donors (Lipinski definition) is 0. The van der Waals surface area contributed by atoms with Gasteiger partial charge in [0.2, 0.25) is 15.9 Å². The molecule has 2 aromatic carbocycles. The maximum absolute atomic E-state index is 13.2. The van der Waals surface area contributed by atoms with Gasteiger partial charge in [0.1, 0.15) is 0 Å². The van der Waals surface area contributed by atoms with Crippen LogP contribution in [0.4, 0.5) is 5.69 Å². The number of carbonyl (C=O) groups excluding carboxylic acids is 1. The number of fused-ring (bicyclic) bond motifs is 1. The molecule has 9 heteroatoms. The predicted molar refractivity (Wildman–Crippen MR) is 119 cm³/mol. The standard InChI is InChI=1S/C22H23ClN4O3S/c1-16(28)27(18-8-4-3-5-9-18)15-21-20-14-26(12-11-22(20)25(2)24-21)31(29,30)19-10-6-7-17(23)13-19/h3-10,13H,11-12,14-15H2,1-2H3. The highest BCUT2D eigenvalue weighted by Gasteiger charge is 2.32. The molecule has 1 aliphatic rings. The lowest BCUT2D eigenvalue weighted by Crippen LogP contribution is -2.37. The van der Waals surface area contributed by atoms with Gasteiger partial charge in [-0.2, -0.15) is 9.40 Å². The Kier molecular flexibility index (Phi) is 5.88. The molecule has 3 aromatic rings. The monoisotopic (exact) mass is 458 g/mol. The Morgan fingerprint density at radius 2 is 1.90 bits per heavy atom. The number of nitrogens with zero attached hydrogens (tertiary/aromatic N) is 4. The Hall–Kier alpha value is -2.68. The first-order valence-electron chi connectivity index (χ1n) is 9.90. The minimum Gasteiger partial charge on any atom is -0.307 e. The fourth-order valence-electron chi connectivity index (χ4n) is 3.90. The van der Waals surface area contributed by atoms with Crippen LogP contribution in [0.5, 0.6) is 0 Å². The molecule has 1 aromatic heterocycles. The Morgan fingerprint density at radius 1 is 1.16 bits per heavy atom. The number of carbonyl (C=O) groups is 1. The zero-order valence-electron chi connectivity index (χ0n) is 17.3. The number of halogens is 1. The van der Waals surface area contributed by atoms with Gasteiger partial charge in [-0.05, 0) is 30.3 Å². The van der Waals surface area contributed by atoms with Crippen LogP contribution in [0.3, 0.4) is 0 Å². The van der Waals surface area contributed by atoms with Gasteiger partial charge in [-0.25, -0.2) is 8.42 Å². The molecule has 162 valence electrons. The fraction of sp³-hybridized carbons (Fsp3) is 0.273. The zero-order chi connectivity index (χ0) is 22.2. The van der Waals surface area contributed by atoms with Crippen molar-refractivity contribution in [3.63, 3.8) is 0 Å². The molecule has 7 nitrogen and oxygen atoms in total. The van der Waals surface area contributed by atoms with Crippen molar-refractivity contribution in [1.29, 1.82) is 0 Å². The number of para-hydroxylation sites is 1. The van der Waals surface area contributed by atoms with Crippen molar-refractivity contribution < 1.29 is 13.2 Å². The highest BCUT2D eigenvalue weighted by Crippen LogP contribution is 2.29. The molecule has 0 unspecified atom stereocenters. The lowest BCUT2D eigenvalue weighted by Gasteiger charge is -2.28. The van der Waals surface area contributed by atoms with E-state index in [9.17, 15) is 13.2 Å². The van der Waals surface area contributed by atoms with Crippen molar-refractivity contribution in [3.05, 3.63) is 76.6 Å². The molecule has 0 N–H and O–H groups in total. The lowest BCUT2D eigenvalue weighted by molar-refractivity contribution is -0.116. The average molecular weight is 459 g/mol. The second-order valence-corrected chi connectivity index (χ2v) is 9.86. The van der Waals surface area contributed by atoms with Gasteiger partial charge >= 0.3 is 0 Å². The molecule has 1 amide bonds. The molecule has 0 spiro atoms. The summed E-state index contributed by atoms with van der Waals surface area (Å²) in [5, 5.41) is 5.00. The Balaban J connectivity index is 1.66. The van der Waals surface area contributed by atoms with Crippen molar-refractivity contribution >= 4 is 33.2 Å². The molecule has 4 rings (SSSR count). The normalized spacial score (nSPS) is 14.3. The summed E-state index contributed by atoms with van der Waals surface area (Å²) >= 11 is 6.01. The van der Waals surface area contributed by atoms with Crippen LogP contribution in [0.25, 0.3) is 0 Å². The number of benzene rings is 2. The van der Waals surface area contributed by atoms with Crippen LogP contribution in [0, 0.1) is 0 Å². The van der Waals surface area contributed by atoms with Gasteiger partial charge in [-0.15, -0.1) is 0 Å². The molecule has 0 atom stereocenters. The van der Waals surface area contributed by atoms with E-state index >= 15 is 0 Å². The minimum absolute atomic E-state index is 0.107. The second-order valence-electron chi connectivity index (χ2n) is 7.48. The predicted octanol–water partition coefficient (Wildman–Crippen LogP) is 3.37. The van der Waals surface area contributed by atoms with Crippen molar-refractivity contribution in [2.24, 2.45) is 7.05 Å². The molecule has 31 heavy (non-hydrogen) atoms. The van der Waals surface area contributed by atoms with Gasteiger partial charge in [-0.3, -0.25) is 9.48 Å². The van der Waals surface area contributed by atoms with Gasteiger partial charge in [0, 0.05) is 55.4 Å². The molecule has 0 saturated carbocycles. The van der Waals surface area contributed by atoms with E-state index in [0.29, 0.717) is 23.7 Å². The summed E-state index contributed by atoms with van der Waals surface area (Å²) in [5.41, 5.74) is 3.31. The van der Waals surface area contributed by atoms with Crippen LogP contribution in [-0.4, -0.2) is 35.0 Å². The number of rotatable bonds is 5. The number of anilines is 1. The van der Waals surface area contributed by atoms with E-state index in [1.165, 1.54) is 17.3 Å². The molecule has 1 aliphatic heterocycles. The number of amides is 1. The van der Waals surface area contributed by atoms with Crippen molar-refractivity contribution in [2.75, 3.05) is 11.4 Å². The molecular weight excluding hydrogens is 436 g/mol. The Labute approximate surface area is 186 Å². The van der Waals surface area contributed by atoms with E-state index in [0.717, 1.165) is 16.9 Å². The van der Waals surface area contributed by atoms with E-state index in [2.05, 4.69) is 5.10 Å². The van der Waals surface area contributed by atoms with Crippen molar-refractivity contribution in [1.82, 2.24) is 14.1 Å². The summed E-state index contributed by atoms with van der Waals surface area (Å²) in [6.07, 6.45) is 0.546. The van der Waals surface area contributed by atoms with Crippen LogP contribution < -0.4 is 4.90 Å². The SMILES string of the molecule is CC(=O)N(Cc1nn(C)c2c1CN(S(=O)(=O)c1cccc(Cl)c1)CC2)c1ccccc1. The summed E-state index contributed by atoms with van der Waals surface area (Å²) in [6.45, 7) is 2.34. The first-order valence-corrected chi connectivity index (χ1v) is 11.7. The van der Waals surface area contributed by atoms with E-state index in [-0.39, 0.29) is 23.9 Å². The highest BCUT2D eigenvalue weighted by atomic mass is 35.5. The van der Waals surface area contributed by atoms with Crippen molar-refractivity contribution in [2.45, 2.75) is 31.3 Å². The van der Waals surface area contributed by atoms with Crippen molar-refractivity contribution in [3.8, 4) is 0 Å². The number of aromatic nitrogens is 2. The third-order valence-corrected chi connectivity index (χ3v) is 7.56. The summed E-state index contributed by atoms with van der Waals surface area (Å²) in [5.74, 6) is -0.107. The molecule has 0 radical (unpaired) electrons. The molecule has 0 aliphatic carbocycles. The van der Waals surface area contributed by atoms with Gasteiger partial charge in [0.25, 0.3) is 0 Å². The quantitative estimate of drug-likeness (QED) is 0.587. The molecule has 2 heterocycles. The second kappa shape index (κ2) is 8.45. The smallest absolute Gasteiger partial charge is 0.243 e. The van der Waals surface area contributed by atoms with Crippen LogP contribution in [-0.2, 0) is 41.4 Å². The number of hydrogen-bond acceptors (Lipinski definition) is 4. The summed E-state index contributed by atoms with van der Waals surface area (Å²) in [6, 6.07) is 15.7. The first-order chi connectivity index (χ1) is 14.8. The van der Waals surface area contributed by atoms with E-state index in [4.69, 9.17) is 11.6 Å². The zero-order valence-corrected chi connectivity index (χ0v) is 18.9. The maximum atomic E-state index is 13.2. The van der Waals surface area contributed by atoms with Gasteiger partial charge in [-0.1, -0.05) is 35.9 Å². The van der Waals surface area contributed by atoms with Gasteiger partial charge in [0.15, 0.2) is 0 Å². The summed E-state index contributed by atoms with van der Waals surface area (Å²) in [4.78, 5) is 14.2. The van der Waals surface area contributed by atoms with Gasteiger partial charge < -0.3 is 4.90 Å². The Morgan fingerprint density at radius 3 is 2.58 bits per heavy atom. The first kappa shape index (κ1) is 21.5. The third-order valence-electron chi connectivity index (χ3n) is 5.48. The third kappa shape index (κ3) is 4.23. The molecule has 0 saturated heterocycles. The molecular formula is C22H23ClN4O3S. The number of sulfonamides is 1. The van der Waals surface area contributed by atoms with Crippen LogP contribution in [0.2, 0.25) is 5.02 Å². The lowest BCUT2D eigenvalue weighted by atomic mass is 10.1. The highest BCUT2D eigenvalue weighted by molar-refractivity contribution is 7.89. The van der Waals surface area contributed by atoms with Crippen LogP contribution in [0.1, 0.15) is 23.9 Å². The Bertz CT molecular complexity index is 1220. The molecule has 0 fully saturated rings. The van der Waals surface area contributed by atoms with Gasteiger partial charge in [0.05, 0.1) is 17.1 Å². The van der Waals surface area contributed by atoms with Crippen LogP contribution in [0.15, 0.2) is 59.5 Å². The number of aryl methyl sites for hydroxylation is 1. The van der Waals surface area contributed by atoms with Crippen LogP contribution >= 0.6 is 11.6 Å². The fourth-order valence-corrected chi connectivity index (χ4v) is 5.61. The van der Waals surface area contributed by atoms with E-state index < -0.39 is 10.0 Å². The van der Waals surface area contributed by atoms with E-state index in [1.807, 2.05) is 37.4 Å². The van der Waals surface area contributed by atoms with E-state index in [1.54, 1.807) is 27.8 Å². The maximum Gasteiger partial charge on any atom is 0.243 e. The summed E-state index contributed by atoms with van der Waals surface area (Å²) < 4.78 is 29.6. The largest absolute Gasteiger partial charge is 0.307 e. The average Bonchev–Trinajstić information content (AvgIpc) is 3.07. The minimum atomic E-state index is -3.70. The topological polar surface area (TPSA) is 75.5 Å². The summed E-state index contributed by atoms with van der Waals surface area (Å²) in [7, 11) is -1.85. The molecule has 0 bridgehead atoms.